The first-order valence-electron chi connectivity index (χ1n) is 16.1. The second-order valence-electron chi connectivity index (χ2n) is 12.9. The lowest BCUT2D eigenvalue weighted by atomic mass is 10.0. The molecule has 2 fully saturated rings. The van der Waals surface area contributed by atoms with Gasteiger partial charge in [-0.15, -0.1) is 0 Å². The van der Waals surface area contributed by atoms with Crippen molar-refractivity contribution in [1.82, 2.24) is 13.8 Å². The fraction of sp³-hybridized carbons (Fsp3) is 0.500. The molecule has 2 saturated heterocycles. The van der Waals surface area contributed by atoms with Crippen LogP contribution in [0, 0.1) is 11.8 Å². The van der Waals surface area contributed by atoms with Crippen molar-refractivity contribution >= 4 is 38.4 Å². The summed E-state index contributed by atoms with van der Waals surface area (Å²) in [7, 11) is -2.31. The summed E-state index contributed by atoms with van der Waals surface area (Å²) in [5, 5.41) is 7.16. The van der Waals surface area contributed by atoms with Crippen LogP contribution in [0.25, 0.3) is 10.9 Å². The molecular weight excluding hydrogens is 663 g/mol. The zero-order valence-corrected chi connectivity index (χ0v) is 28.8. The Bertz CT molecular complexity index is 1810. The SMILES string of the molecule is COc1cc(S(=O)(=O)N2CCOCC2)ccc1NCC#Cc1cc2c(NC3CCN(C(=O)OC(C)(C)C)CC3)cccc2n1CC(F)(F)F. The minimum atomic E-state index is -4.48. The van der Waals surface area contributed by atoms with Crippen LogP contribution in [-0.4, -0.2) is 99.1 Å². The largest absolute Gasteiger partial charge is 0.495 e. The summed E-state index contributed by atoms with van der Waals surface area (Å²) in [6.07, 6.45) is -3.53. The summed E-state index contributed by atoms with van der Waals surface area (Å²) in [4.78, 5) is 14.2. The number of methoxy groups -OCH3 is 1. The minimum Gasteiger partial charge on any atom is -0.495 e. The van der Waals surface area contributed by atoms with Crippen LogP contribution in [0.5, 0.6) is 5.75 Å². The van der Waals surface area contributed by atoms with E-state index >= 15 is 0 Å². The maximum Gasteiger partial charge on any atom is 0.410 e. The third-order valence-corrected chi connectivity index (χ3v) is 10.0. The predicted octanol–water partition coefficient (Wildman–Crippen LogP) is 5.51. The zero-order valence-electron chi connectivity index (χ0n) is 28.0. The number of benzene rings is 2. The molecule has 1 amide bonds. The number of morpholine rings is 1. The Hall–Kier alpha value is -4.13. The number of ether oxygens (including phenoxy) is 3. The van der Waals surface area contributed by atoms with Gasteiger partial charge in [-0.25, -0.2) is 13.2 Å². The molecule has 49 heavy (non-hydrogen) atoms. The van der Waals surface area contributed by atoms with Crippen LogP contribution >= 0.6 is 0 Å². The fourth-order valence-electron chi connectivity index (χ4n) is 5.80. The van der Waals surface area contributed by atoms with Gasteiger partial charge in [-0.2, -0.15) is 17.5 Å². The molecule has 0 spiro atoms. The van der Waals surface area contributed by atoms with Gasteiger partial charge in [0.2, 0.25) is 10.0 Å². The van der Waals surface area contributed by atoms with E-state index in [2.05, 4.69) is 22.5 Å². The lowest BCUT2D eigenvalue weighted by Crippen LogP contribution is -2.44. The van der Waals surface area contributed by atoms with Gasteiger partial charge in [-0.3, -0.25) is 0 Å². The van der Waals surface area contributed by atoms with Crippen LogP contribution in [0.15, 0.2) is 47.4 Å². The standard InChI is InChI=1S/C34H42F3N5O6S/c1-33(2,3)48-32(43)40-15-12-24(13-16-40)39-28-8-5-9-30-27(28)21-25(42(30)23-34(35,36)37)7-6-14-38-29-11-10-26(22-31(29)46-4)49(44,45)41-17-19-47-20-18-41/h5,8-11,21-22,24,38-39H,12-20,23H2,1-4H3. The molecule has 11 nitrogen and oxygen atoms in total. The number of nitrogens with zero attached hydrogens (tertiary/aromatic N) is 3. The number of piperidine rings is 1. The molecule has 0 aliphatic carbocycles. The number of amides is 1. The Morgan fingerprint density at radius 3 is 2.39 bits per heavy atom. The predicted molar refractivity (Wildman–Crippen MR) is 180 cm³/mol. The summed E-state index contributed by atoms with van der Waals surface area (Å²) in [5.74, 6) is 6.08. The van der Waals surface area contributed by atoms with Crippen LogP contribution in [0.2, 0.25) is 0 Å². The molecule has 3 aromatic rings. The third kappa shape index (κ3) is 9.11. The Labute approximate surface area is 284 Å². The molecular formula is C34H42F3N5O6S. The summed E-state index contributed by atoms with van der Waals surface area (Å²) in [6.45, 7) is 6.47. The van der Waals surface area contributed by atoms with Crippen molar-refractivity contribution in [2.45, 2.75) is 62.9 Å². The van der Waals surface area contributed by atoms with E-state index < -0.39 is 28.3 Å². The highest BCUT2D eigenvalue weighted by atomic mass is 32.2. The number of carbonyl (C=O) groups excluding carboxylic acids is 1. The van der Waals surface area contributed by atoms with Gasteiger partial charge in [-0.1, -0.05) is 12.0 Å². The van der Waals surface area contributed by atoms with Crippen molar-refractivity contribution < 1.29 is 40.6 Å². The third-order valence-electron chi connectivity index (χ3n) is 8.15. The van der Waals surface area contributed by atoms with E-state index in [4.69, 9.17) is 14.2 Å². The highest BCUT2D eigenvalue weighted by Crippen LogP contribution is 2.32. The first-order chi connectivity index (χ1) is 23.1. The highest BCUT2D eigenvalue weighted by molar-refractivity contribution is 7.89. The Balaban J connectivity index is 1.31. The molecule has 5 rings (SSSR count). The molecule has 0 saturated carbocycles. The number of hydrogen-bond donors (Lipinski definition) is 2. The number of hydrogen-bond acceptors (Lipinski definition) is 8. The molecule has 2 aromatic carbocycles. The molecule has 0 radical (unpaired) electrons. The van der Waals surface area contributed by atoms with Crippen LogP contribution < -0.4 is 15.4 Å². The van der Waals surface area contributed by atoms with E-state index in [0.717, 1.165) is 4.57 Å². The summed E-state index contributed by atoms with van der Waals surface area (Å²) < 4.78 is 86.0. The van der Waals surface area contributed by atoms with Crippen molar-refractivity contribution in [3.05, 3.63) is 48.2 Å². The van der Waals surface area contributed by atoms with Crippen LogP contribution in [0.3, 0.4) is 0 Å². The summed E-state index contributed by atoms with van der Waals surface area (Å²) in [5.41, 5.74) is 1.17. The van der Waals surface area contributed by atoms with E-state index in [1.54, 1.807) is 29.2 Å². The van der Waals surface area contributed by atoms with Crippen molar-refractivity contribution in [2.24, 2.45) is 0 Å². The van der Waals surface area contributed by atoms with Gasteiger partial charge in [0.1, 0.15) is 17.9 Å². The van der Waals surface area contributed by atoms with Crippen molar-refractivity contribution in [3.8, 4) is 17.6 Å². The van der Waals surface area contributed by atoms with Gasteiger partial charge < -0.3 is 34.3 Å². The molecule has 266 valence electrons. The molecule has 0 atom stereocenters. The van der Waals surface area contributed by atoms with Crippen LogP contribution in [0.1, 0.15) is 39.3 Å². The number of alkyl halides is 3. The van der Waals surface area contributed by atoms with Crippen molar-refractivity contribution in [1.29, 1.82) is 0 Å². The number of fused-ring (bicyclic) bond motifs is 1. The van der Waals surface area contributed by atoms with E-state index in [0.29, 0.717) is 61.4 Å². The van der Waals surface area contributed by atoms with Gasteiger partial charge in [0.25, 0.3) is 0 Å². The second-order valence-corrected chi connectivity index (χ2v) is 14.8. The smallest absolute Gasteiger partial charge is 0.410 e. The number of aromatic nitrogens is 1. The molecule has 3 heterocycles. The first-order valence-corrected chi connectivity index (χ1v) is 17.5. The molecule has 15 heteroatoms. The molecule has 0 unspecified atom stereocenters. The van der Waals surface area contributed by atoms with E-state index in [-0.39, 0.29) is 48.1 Å². The topological polar surface area (TPSA) is 114 Å². The monoisotopic (exact) mass is 705 g/mol. The number of carbonyl (C=O) groups is 1. The van der Waals surface area contributed by atoms with Crippen molar-refractivity contribution in [2.75, 3.05) is 63.7 Å². The van der Waals surface area contributed by atoms with Gasteiger partial charge in [-0.05, 0) is 69.9 Å². The summed E-state index contributed by atoms with van der Waals surface area (Å²) in [6, 6.07) is 11.3. The molecule has 2 aliphatic rings. The molecule has 1 aromatic heterocycles. The zero-order chi connectivity index (χ0) is 35.4. The minimum absolute atomic E-state index is 0.0132. The second kappa shape index (κ2) is 14.8. The Kier molecular flexibility index (Phi) is 10.9. The lowest BCUT2D eigenvalue weighted by molar-refractivity contribution is -0.140. The quantitative estimate of drug-likeness (QED) is 0.295. The number of halogens is 3. The van der Waals surface area contributed by atoms with Gasteiger partial charge in [0, 0.05) is 49.4 Å². The first kappa shape index (κ1) is 36.2. The number of sulfonamides is 1. The summed E-state index contributed by atoms with van der Waals surface area (Å²) >= 11 is 0. The average Bonchev–Trinajstić information content (AvgIpc) is 3.39. The fourth-order valence-corrected chi connectivity index (χ4v) is 7.23. The Morgan fingerprint density at radius 1 is 1.02 bits per heavy atom. The lowest BCUT2D eigenvalue weighted by Gasteiger charge is -2.34. The number of likely N-dealkylation sites (tertiary alicyclic amines) is 1. The van der Waals surface area contributed by atoms with Gasteiger partial charge in [0.05, 0.1) is 48.7 Å². The van der Waals surface area contributed by atoms with E-state index in [9.17, 15) is 26.4 Å². The Morgan fingerprint density at radius 2 is 1.73 bits per heavy atom. The normalized spacial score (nSPS) is 16.6. The van der Waals surface area contributed by atoms with Crippen LogP contribution in [0.4, 0.5) is 29.3 Å². The van der Waals surface area contributed by atoms with E-state index in [1.807, 2.05) is 26.8 Å². The van der Waals surface area contributed by atoms with Gasteiger partial charge >= 0.3 is 12.3 Å². The number of anilines is 2. The maximum atomic E-state index is 13.7. The van der Waals surface area contributed by atoms with Crippen LogP contribution in [-0.2, 0) is 26.0 Å². The molecule has 0 bridgehead atoms. The molecule has 2 aliphatic heterocycles. The van der Waals surface area contributed by atoms with E-state index in [1.165, 1.54) is 23.5 Å². The highest BCUT2D eigenvalue weighted by Gasteiger charge is 2.31. The maximum absolute atomic E-state index is 13.7. The van der Waals surface area contributed by atoms with Gasteiger partial charge in [0.15, 0.2) is 0 Å². The van der Waals surface area contributed by atoms with Crippen molar-refractivity contribution in [3.63, 3.8) is 0 Å². The number of nitrogens with one attached hydrogen (secondary N) is 2. The number of rotatable bonds is 8. The average molecular weight is 706 g/mol. The molecule has 2 N–H and O–H groups in total.